The van der Waals surface area contributed by atoms with Crippen LogP contribution >= 0.6 is 0 Å². The highest BCUT2D eigenvalue weighted by Gasteiger charge is 1.94. The van der Waals surface area contributed by atoms with Crippen molar-refractivity contribution in [3.8, 4) is 0 Å². The Kier molecular flexibility index (Phi) is 4.82. The summed E-state index contributed by atoms with van der Waals surface area (Å²) in [7, 11) is -0.779. The van der Waals surface area contributed by atoms with E-state index < -0.39 is 9.76 Å². The van der Waals surface area contributed by atoms with E-state index in [1.165, 1.54) is 6.08 Å². The molecule has 0 aliphatic rings. The van der Waals surface area contributed by atoms with Crippen molar-refractivity contribution in [2.24, 2.45) is 0 Å². The Morgan fingerprint density at radius 1 is 1.67 bits per heavy atom. The molecule has 2 nitrogen and oxygen atoms in total. The van der Waals surface area contributed by atoms with E-state index in [1.807, 2.05) is 0 Å². The molecule has 0 heterocycles. The molecule has 0 aromatic rings. The zero-order valence-electron chi connectivity index (χ0n) is 5.30. The number of hydrogen-bond acceptors (Lipinski definition) is 2. The average Bonchev–Trinajstić information content (AvgIpc) is 1.85. The van der Waals surface area contributed by atoms with E-state index in [9.17, 15) is 4.79 Å². The molecule has 0 aliphatic carbocycles. The van der Waals surface area contributed by atoms with Crippen LogP contribution in [0, 0.1) is 0 Å². The second-order valence-electron chi connectivity index (χ2n) is 1.46. The molecule has 0 saturated heterocycles. The van der Waals surface area contributed by atoms with Crippen LogP contribution in [0.4, 0.5) is 0 Å². The zero-order valence-corrected chi connectivity index (χ0v) is 6.71. The normalized spacial score (nSPS) is 9.33. The van der Waals surface area contributed by atoms with Crippen molar-refractivity contribution < 1.29 is 9.22 Å². The minimum Gasteiger partial charge on any atom is -0.521 e. The van der Waals surface area contributed by atoms with Crippen molar-refractivity contribution >= 4 is 15.7 Å². The van der Waals surface area contributed by atoms with Crippen LogP contribution in [0.2, 0.25) is 0 Å². The van der Waals surface area contributed by atoms with Gasteiger partial charge in [0.2, 0.25) is 9.76 Å². The van der Waals surface area contributed by atoms with Gasteiger partial charge in [0.25, 0.3) is 5.97 Å². The van der Waals surface area contributed by atoms with Gasteiger partial charge >= 0.3 is 0 Å². The topological polar surface area (TPSA) is 26.3 Å². The van der Waals surface area contributed by atoms with Gasteiger partial charge in [0, 0.05) is 0 Å². The average molecular weight is 142 g/mol. The maximum Gasteiger partial charge on any atom is 0.296 e. The van der Waals surface area contributed by atoms with Gasteiger partial charge in [-0.05, 0) is 0 Å². The fourth-order valence-corrected chi connectivity index (χ4v) is 0.750. The van der Waals surface area contributed by atoms with E-state index in [0.29, 0.717) is 6.42 Å². The summed E-state index contributed by atoms with van der Waals surface area (Å²) < 4.78 is 4.74. The van der Waals surface area contributed by atoms with E-state index in [1.54, 1.807) is 5.70 Å². The summed E-state index contributed by atoms with van der Waals surface area (Å²) >= 11 is 0. The smallest absolute Gasteiger partial charge is 0.296 e. The summed E-state index contributed by atoms with van der Waals surface area (Å²) in [6, 6.07) is 0. The van der Waals surface area contributed by atoms with Gasteiger partial charge in [-0.3, -0.25) is 4.79 Å². The SMILES string of the molecule is C=CCC(=O)O[SiH2]C=C. The summed E-state index contributed by atoms with van der Waals surface area (Å²) in [6.45, 7) is 6.85. The molecule has 0 fully saturated rings. The quantitative estimate of drug-likeness (QED) is 0.418. The third-order valence-corrected chi connectivity index (χ3v) is 1.40. The molecule has 0 N–H and O–H groups in total. The lowest BCUT2D eigenvalue weighted by Crippen LogP contribution is -2.04. The van der Waals surface area contributed by atoms with Gasteiger partial charge in [0.05, 0.1) is 6.42 Å². The maximum absolute atomic E-state index is 10.5. The van der Waals surface area contributed by atoms with E-state index >= 15 is 0 Å². The molecule has 0 amide bonds. The van der Waals surface area contributed by atoms with Crippen molar-refractivity contribution in [1.29, 1.82) is 0 Å². The molecule has 0 bridgehead atoms. The van der Waals surface area contributed by atoms with Crippen molar-refractivity contribution in [1.82, 2.24) is 0 Å². The van der Waals surface area contributed by atoms with Crippen LogP contribution in [0.15, 0.2) is 24.9 Å². The zero-order chi connectivity index (χ0) is 7.11. The molecule has 0 aromatic heterocycles. The Balaban J connectivity index is 3.26. The van der Waals surface area contributed by atoms with Gasteiger partial charge in [-0.1, -0.05) is 11.8 Å². The first-order valence-electron chi connectivity index (χ1n) is 2.68. The first kappa shape index (κ1) is 8.17. The van der Waals surface area contributed by atoms with E-state index in [0.717, 1.165) is 0 Å². The maximum atomic E-state index is 10.5. The Morgan fingerprint density at radius 2 is 2.33 bits per heavy atom. The van der Waals surface area contributed by atoms with Gasteiger partial charge in [0.1, 0.15) is 0 Å². The predicted octanol–water partition coefficient (Wildman–Crippen LogP) is 0.333. The van der Waals surface area contributed by atoms with Gasteiger partial charge in [-0.2, -0.15) is 0 Å². The fraction of sp³-hybridized carbons (Fsp3) is 0.167. The summed E-state index contributed by atoms with van der Waals surface area (Å²) in [6.07, 6.45) is 1.83. The number of carbonyl (C=O) groups is 1. The van der Waals surface area contributed by atoms with Crippen LogP contribution in [0.5, 0.6) is 0 Å². The summed E-state index contributed by atoms with van der Waals surface area (Å²) in [4.78, 5) is 10.5. The molecule has 0 atom stereocenters. The van der Waals surface area contributed by atoms with Crippen molar-refractivity contribution in [2.75, 3.05) is 0 Å². The van der Waals surface area contributed by atoms with Crippen molar-refractivity contribution in [3.63, 3.8) is 0 Å². The lowest BCUT2D eigenvalue weighted by molar-refractivity contribution is -0.133. The van der Waals surface area contributed by atoms with Gasteiger partial charge in [0.15, 0.2) is 0 Å². The van der Waals surface area contributed by atoms with Crippen LogP contribution < -0.4 is 0 Å². The van der Waals surface area contributed by atoms with Crippen LogP contribution in [-0.2, 0) is 9.22 Å². The molecule has 0 unspecified atom stereocenters. The Morgan fingerprint density at radius 3 is 2.78 bits per heavy atom. The second-order valence-corrected chi connectivity index (χ2v) is 2.66. The Hall–Kier alpha value is -0.833. The lowest BCUT2D eigenvalue weighted by atomic mass is 10.4. The minimum atomic E-state index is -0.779. The molecule has 0 radical (unpaired) electrons. The first-order chi connectivity index (χ1) is 4.31. The highest BCUT2D eigenvalue weighted by atomic mass is 28.2. The van der Waals surface area contributed by atoms with Crippen LogP contribution in [0.25, 0.3) is 0 Å². The van der Waals surface area contributed by atoms with Crippen molar-refractivity contribution in [3.05, 3.63) is 24.9 Å². The molecule has 50 valence electrons. The summed E-state index contributed by atoms with van der Waals surface area (Å²) in [5.41, 5.74) is 1.67. The second kappa shape index (κ2) is 5.31. The molecular formula is C6H10O2Si. The van der Waals surface area contributed by atoms with E-state index in [4.69, 9.17) is 4.43 Å². The largest absolute Gasteiger partial charge is 0.521 e. The molecule has 0 saturated carbocycles. The third kappa shape index (κ3) is 5.03. The molecule has 0 aromatic carbocycles. The summed E-state index contributed by atoms with van der Waals surface area (Å²) in [5.74, 6) is -0.198. The standard InChI is InChI=1S/C6H10O2Si/c1-3-5-6(7)8-9-4-2/h3-4H,1-2,5,9H2. The first-order valence-corrected chi connectivity index (χ1v) is 4.08. The van der Waals surface area contributed by atoms with Crippen LogP contribution in [-0.4, -0.2) is 15.7 Å². The lowest BCUT2D eigenvalue weighted by Gasteiger charge is -1.96. The highest BCUT2D eigenvalue weighted by molar-refractivity contribution is 6.36. The molecule has 0 spiro atoms. The molecule has 0 rings (SSSR count). The van der Waals surface area contributed by atoms with E-state index in [2.05, 4.69) is 13.2 Å². The highest BCUT2D eigenvalue weighted by Crippen LogP contribution is 1.83. The molecular weight excluding hydrogens is 132 g/mol. The number of carbonyl (C=O) groups excluding carboxylic acids is 1. The third-order valence-electron chi connectivity index (χ3n) is 0.673. The van der Waals surface area contributed by atoms with Crippen LogP contribution in [0.3, 0.4) is 0 Å². The van der Waals surface area contributed by atoms with Crippen LogP contribution in [0.1, 0.15) is 6.42 Å². The monoisotopic (exact) mass is 142 g/mol. The Labute approximate surface area is 57.2 Å². The Bertz CT molecular complexity index is 120. The number of rotatable bonds is 4. The molecule has 3 heteroatoms. The number of hydrogen-bond donors (Lipinski definition) is 0. The molecule has 9 heavy (non-hydrogen) atoms. The minimum absolute atomic E-state index is 0.198. The van der Waals surface area contributed by atoms with Crippen molar-refractivity contribution in [2.45, 2.75) is 6.42 Å². The van der Waals surface area contributed by atoms with Gasteiger partial charge in [-0.15, -0.1) is 13.2 Å². The fourth-order valence-electron chi connectivity index (χ4n) is 0.329. The van der Waals surface area contributed by atoms with E-state index in [-0.39, 0.29) is 5.97 Å². The predicted molar refractivity (Wildman–Crippen MR) is 39.6 cm³/mol. The van der Waals surface area contributed by atoms with Gasteiger partial charge in [-0.25, -0.2) is 0 Å². The summed E-state index contributed by atoms with van der Waals surface area (Å²) in [5, 5.41) is 0. The van der Waals surface area contributed by atoms with Gasteiger partial charge < -0.3 is 4.43 Å². The molecule has 0 aliphatic heterocycles.